The van der Waals surface area contributed by atoms with Gasteiger partial charge in [0.15, 0.2) is 0 Å². The minimum absolute atomic E-state index is 0.00312. The van der Waals surface area contributed by atoms with Crippen molar-refractivity contribution in [1.82, 2.24) is 9.80 Å². The predicted octanol–water partition coefficient (Wildman–Crippen LogP) is 2.14. The van der Waals surface area contributed by atoms with E-state index in [0.29, 0.717) is 25.5 Å². The molecule has 0 aliphatic rings. The number of nitrogens with zero attached hydrogens (tertiary/aromatic N) is 2. The third kappa shape index (κ3) is 8.12. The van der Waals surface area contributed by atoms with Crippen LogP contribution in [0.3, 0.4) is 0 Å². The van der Waals surface area contributed by atoms with Crippen LogP contribution in [-0.4, -0.2) is 67.0 Å². The first kappa shape index (κ1) is 23.7. The average molecular weight is 396 g/mol. The van der Waals surface area contributed by atoms with Crippen LogP contribution in [0.25, 0.3) is 0 Å². The average Bonchev–Trinajstić information content (AvgIpc) is 3.05. The van der Waals surface area contributed by atoms with Gasteiger partial charge in [-0.1, -0.05) is 0 Å². The van der Waals surface area contributed by atoms with Gasteiger partial charge in [-0.15, -0.1) is 0 Å². The van der Waals surface area contributed by atoms with E-state index >= 15 is 0 Å². The molecule has 1 heterocycles. The minimum atomic E-state index is -0.416. The molecule has 0 fully saturated rings. The number of hydrogen-bond acceptors (Lipinski definition) is 6. The third-order valence-electron chi connectivity index (χ3n) is 4.16. The summed E-state index contributed by atoms with van der Waals surface area (Å²) in [6, 6.07) is 3.49. The maximum Gasteiger partial charge on any atom is 0.306 e. The lowest BCUT2D eigenvalue weighted by Gasteiger charge is -2.29. The highest BCUT2D eigenvalue weighted by Gasteiger charge is 2.24. The molecule has 0 spiro atoms. The van der Waals surface area contributed by atoms with Gasteiger partial charge in [-0.05, 0) is 39.8 Å². The Morgan fingerprint density at radius 1 is 1.14 bits per heavy atom. The summed E-state index contributed by atoms with van der Waals surface area (Å²) < 4.78 is 15.5. The number of amides is 2. The van der Waals surface area contributed by atoms with E-state index in [1.165, 1.54) is 4.90 Å². The second-order valence-corrected chi connectivity index (χ2v) is 6.74. The van der Waals surface area contributed by atoms with Gasteiger partial charge in [0.05, 0.1) is 32.7 Å². The molecule has 158 valence electrons. The van der Waals surface area contributed by atoms with E-state index in [0.717, 1.165) is 5.76 Å². The maximum absolute atomic E-state index is 12.9. The van der Waals surface area contributed by atoms with Gasteiger partial charge >= 0.3 is 5.97 Å². The second kappa shape index (κ2) is 12.2. The molecular weight excluding hydrogens is 364 g/mol. The number of rotatable bonds is 12. The zero-order chi connectivity index (χ0) is 21.1. The summed E-state index contributed by atoms with van der Waals surface area (Å²) in [6.07, 6.45) is 0.0168. The number of methoxy groups -OCH3 is 1. The van der Waals surface area contributed by atoms with Gasteiger partial charge in [-0.25, -0.2) is 0 Å². The Kier molecular flexibility index (Phi) is 10.3. The lowest BCUT2D eigenvalue weighted by atomic mass is 10.2. The number of aryl methyl sites for hydroxylation is 1. The van der Waals surface area contributed by atoms with Crippen LogP contribution in [-0.2, 0) is 30.4 Å². The molecule has 0 unspecified atom stereocenters. The third-order valence-corrected chi connectivity index (χ3v) is 4.16. The van der Waals surface area contributed by atoms with Crippen molar-refractivity contribution in [3.05, 3.63) is 23.7 Å². The summed E-state index contributed by atoms with van der Waals surface area (Å²) in [6.45, 7) is 8.51. The molecule has 0 atom stereocenters. The van der Waals surface area contributed by atoms with E-state index in [1.54, 1.807) is 18.9 Å². The lowest BCUT2D eigenvalue weighted by molar-refractivity contribution is -0.147. The first-order valence-electron chi connectivity index (χ1n) is 9.55. The van der Waals surface area contributed by atoms with Gasteiger partial charge in [-0.2, -0.15) is 0 Å². The summed E-state index contributed by atoms with van der Waals surface area (Å²) in [7, 11) is 1.57. The van der Waals surface area contributed by atoms with Gasteiger partial charge in [0.25, 0.3) is 0 Å². The summed E-state index contributed by atoms with van der Waals surface area (Å²) in [5, 5.41) is 0. The Hall–Kier alpha value is -2.35. The molecule has 1 rings (SSSR count). The quantitative estimate of drug-likeness (QED) is 0.503. The zero-order valence-corrected chi connectivity index (χ0v) is 17.5. The van der Waals surface area contributed by atoms with Crippen molar-refractivity contribution in [3.63, 3.8) is 0 Å². The molecule has 8 heteroatoms. The fraction of sp³-hybridized carbons (Fsp3) is 0.650. The molecule has 0 saturated heterocycles. The fourth-order valence-electron chi connectivity index (χ4n) is 2.64. The zero-order valence-electron chi connectivity index (χ0n) is 17.5. The maximum atomic E-state index is 12.9. The lowest BCUT2D eigenvalue weighted by Crippen LogP contribution is -2.46. The summed E-state index contributed by atoms with van der Waals surface area (Å²) in [5.74, 6) is 0.570. The van der Waals surface area contributed by atoms with Crippen molar-refractivity contribution in [2.24, 2.45) is 0 Å². The molecule has 1 aromatic rings. The smallest absolute Gasteiger partial charge is 0.306 e. The molecule has 0 aliphatic carbocycles. The van der Waals surface area contributed by atoms with Crippen molar-refractivity contribution in [2.75, 3.05) is 33.4 Å². The largest absolute Gasteiger partial charge is 0.466 e. The van der Waals surface area contributed by atoms with Crippen molar-refractivity contribution in [1.29, 1.82) is 0 Å². The summed E-state index contributed by atoms with van der Waals surface area (Å²) in [5.41, 5.74) is 0. The van der Waals surface area contributed by atoms with Crippen LogP contribution in [0.15, 0.2) is 16.5 Å². The Morgan fingerprint density at radius 3 is 2.39 bits per heavy atom. The van der Waals surface area contributed by atoms with Crippen molar-refractivity contribution >= 4 is 17.8 Å². The highest BCUT2D eigenvalue weighted by atomic mass is 16.5. The first-order chi connectivity index (χ1) is 13.3. The highest BCUT2D eigenvalue weighted by molar-refractivity contribution is 5.86. The molecule has 0 aromatic carbocycles. The van der Waals surface area contributed by atoms with Gasteiger partial charge < -0.3 is 23.7 Å². The SMILES string of the molecule is CCOC(=O)CCC(=O)N(CC(=O)N(CCOC)Cc1ccc(C)o1)C(C)C. The topological polar surface area (TPSA) is 89.3 Å². The van der Waals surface area contributed by atoms with Crippen LogP contribution in [0.1, 0.15) is 45.1 Å². The molecule has 0 N–H and O–H groups in total. The number of hydrogen-bond donors (Lipinski definition) is 0. The number of furan rings is 1. The van der Waals surface area contributed by atoms with E-state index in [4.69, 9.17) is 13.9 Å². The van der Waals surface area contributed by atoms with Crippen molar-refractivity contribution in [3.8, 4) is 0 Å². The van der Waals surface area contributed by atoms with Gasteiger partial charge in [0, 0.05) is 26.1 Å². The van der Waals surface area contributed by atoms with E-state index in [1.807, 2.05) is 32.9 Å². The molecule has 0 saturated carbocycles. The van der Waals surface area contributed by atoms with E-state index in [9.17, 15) is 14.4 Å². The monoisotopic (exact) mass is 396 g/mol. The van der Waals surface area contributed by atoms with Crippen molar-refractivity contribution in [2.45, 2.75) is 53.1 Å². The van der Waals surface area contributed by atoms with Crippen molar-refractivity contribution < 1.29 is 28.3 Å². The van der Waals surface area contributed by atoms with E-state index in [2.05, 4.69) is 0 Å². The number of esters is 1. The highest BCUT2D eigenvalue weighted by Crippen LogP contribution is 2.12. The number of carbonyl (C=O) groups is 3. The molecule has 28 heavy (non-hydrogen) atoms. The van der Waals surface area contributed by atoms with Crippen LogP contribution in [0.5, 0.6) is 0 Å². The Balaban J connectivity index is 2.75. The molecule has 0 bridgehead atoms. The number of carbonyl (C=O) groups excluding carboxylic acids is 3. The van der Waals surface area contributed by atoms with Gasteiger partial charge in [-0.3, -0.25) is 14.4 Å². The van der Waals surface area contributed by atoms with Gasteiger partial charge in [0.1, 0.15) is 11.5 Å². The van der Waals surface area contributed by atoms with Crippen LogP contribution in [0, 0.1) is 6.92 Å². The molecule has 2 amide bonds. The summed E-state index contributed by atoms with van der Waals surface area (Å²) >= 11 is 0. The second-order valence-electron chi connectivity index (χ2n) is 6.74. The Morgan fingerprint density at radius 2 is 1.86 bits per heavy atom. The molecule has 1 aromatic heterocycles. The Bertz CT molecular complexity index is 640. The standard InChI is InChI=1S/C20H32N2O6/c1-6-27-20(25)10-9-18(23)22(15(2)3)14-19(24)21(11-12-26-5)13-17-8-7-16(4)28-17/h7-8,15H,6,9-14H2,1-5H3. The fourth-order valence-corrected chi connectivity index (χ4v) is 2.64. The van der Waals surface area contributed by atoms with Crippen LogP contribution in [0.2, 0.25) is 0 Å². The van der Waals surface area contributed by atoms with Crippen LogP contribution in [0.4, 0.5) is 0 Å². The molecular formula is C20H32N2O6. The van der Waals surface area contributed by atoms with Gasteiger partial charge in [0.2, 0.25) is 11.8 Å². The minimum Gasteiger partial charge on any atom is -0.466 e. The molecule has 0 aliphatic heterocycles. The van der Waals surface area contributed by atoms with Crippen LogP contribution < -0.4 is 0 Å². The predicted molar refractivity (Wildman–Crippen MR) is 103 cm³/mol. The molecule has 0 radical (unpaired) electrons. The summed E-state index contributed by atoms with van der Waals surface area (Å²) in [4.78, 5) is 40.0. The Labute approximate surface area is 166 Å². The van der Waals surface area contributed by atoms with Crippen LogP contribution >= 0.6 is 0 Å². The molecule has 8 nitrogen and oxygen atoms in total. The normalized spacial score (nSPS) is 10.8. The van der Waals surface area contributed by atoms with E-state index in [-0.39, 0.29) is 43.8 Å². The van der Waals surface area contributed by atoms with E-state index < -0.39 is 5.97 Å². The first-order valence-corrected chi connectivity index (χ1v) is 9.55. The number of ether oxygens (including phenoxy) is 2.